The number of aliphatic hydroxyl groups excluding tert-OH is 2. The third kappa shape index (κ3) is 7.36. The van der Waals surface area contributed by atoms with Gasteiger partial charge in [-0.25, -0.2) is 4.98 Å². The van der Waals surface area contributed by atoms with Crippen molar-refractivity contribution in [2.45, 2.75) is 85.0 Å². The minimum Gasteiger partial charge on any atom is -0.458 e. The van der Waals surface area contributed by atoms with Crippen LogP contribution in [0.25, 0.3) is 6.08 Å². The Hall–Kier alpha value is -1.83. The fourth-order valence-corrected chi connectivity index (χ4v) is 4.51. The number of Topliss-reactive ketones (excluding diaryl/α,β-unsaturated/α-hetero) is 1. The van der Waals surface area contributed by atoms with Crippen molar-refractivity contribution in [2.24, 2.45) is 17.3 Å². The van der Waals surface area contributed by atoms with Crippen LogP contribution in [0.5, 0.6) is 0 Å². The summed E-state index contributed by atoms with van der Waals surface area (Å²) in [5, 5.41) is 24.3. The zero-order chi connectivity index (χ0) is 23.9. The average molecular weight is 464 g/mol. The lowest BCUT2D eigenvalue weighted by molar-refractivity contribution is -0.153. The van der Waals surface area contributed by atoms with Gasteiger partial charge in [0.05, 0.1) is 34.7 Å². The van der Waals surface area contributed by atoms with Gasteiger partial charge < -0.3 is 14.9 Å². The van der Waals surface area contributed by atoms with Crippen molar-refractivity contribution in [3.63, 3.8) is 0 Å². The first-order valence-corrected chi connectivity index (χ1v) is 12.3. The number of nitrogens with zero attached hydrogens (tertiary/aromatic N) is 1. The molecular weight excluding hydrogens is 426 g/mol. The van der Waals surface area contributed by atoms with E-state index in [0.29, 0.717) is 6.42 Å². The molecule has 2 N–H and O–H groups in total. The molecule has 2 rings (SSSR count). The number of carbonyl (C=O) groups is 2. The minimum absolute atomic E-state index is 0.0367. The van der Waals surface area contributed by atoms with Crippen LogP contribution < -0.4 is 0 Å². The van der Waals surface area contributed by atoms with Crippen LogP contribution in [0.2, 0.25) is 0 Å². The van der Waals surface area contributed by atoms with Crippen molar-refractivity contribution in [1.29, 1.82) is 0 Å². The lowest BCUT2D eigenvalue weighted by Gasteiger charge is -2.34. The molecule has 6 nitrogen and oxygen atoms in total. The summed E-state index contributed by atoms with van der Waals surface area (Å²) in [7, 11) is 0. The molecule has 0 unspecified atom stereocenters. The van der Waals surface area contributed by atoms with E-state index in [2.05, 4.69) is 11.1 Å². The lowest BCUT2D eigenvalue weighted by Crippen LogP contribution is -2.45. The molecule has 0 saturated carbocycles. The van der Waals surface area contributed by atoms with Crippen LogP contribution in [0.1, 0.15) is 70.5 Å². The maximum atomic E-state index is 13.1. The number of cyclic esters (lactones) is 1. The van der Waals surface area contributed by atoms with Crippen molar-refractivity contribution in [3.05, 3.63) is 34.3 Å². The van der Waals surface area contributed by atoms with Gasteiger partial charge in [-0.2, -0.15) is 0 Å². The SMILES string of the molecule is Cc1nc(/C=C/[C@@H]2C/C=C\CCC[C@H](C)[C@H](O)[C@@H](C)C(=O)C(C)(C)[C@@H](O)CC(=O)O2)cs1. The summed E-state index contributed by atoms with van der Waals surface area (Å²) in [5.74, 6) is -1.49. The summed E-state index contributed by atoms with van der Waals surface area (Å²) in [4.78, 5) is 30.0. The standard InChI is InChI=1S/C25H37NO5S/c1-16-10-8-6-7-9-11-20(13-12-19-15-32-18(3)26-19)31-22(28)14-21(27)25(4,5)24(30)17(2)23(16)29/h7,9,12-13,15-17,20-21,23,27,29H,6,8,10-11,14H2,1-5H3/b9-7-,13-12+/t16-,17+,20-,21-,23-/m0/s1. The van der Waals surface area contributed by atoms with Gasteiger partial charge in [-0.1, -0.05) is 39.8 Å². The number of carbonyl (C=O) groups excluding carboxylic acids is 2. The molecule has 32 heavy (non-hydrogen) atoms. The highest BCUT2D eigenvalue weighted by Crippen LogP contribution is 2.32. The van der Waals surface area contributed by atoms with E-state index < -0.39 is 35.6 Å². The van der Waals surface area contributed by atoms with E-state index in [1.54, 1.807) is 32.1 Å². The van der Waals surface area contributed by atoms with Crippen LogP contribution in [0, 0.1) is 24.2 Å². The predicted molar refractivity (Wildman–Crippen MR) is 127 cm³/mol. The first-order valence-electron chi connectivity index (χ1n) is 11.4. The molecule has 1 aromatic rings. The second-order valence-electron chi connectivity index (χ2n) is 9.38. The largest absolute Gasteiger partial charge is 0.458 e. The number of hydrogen-bond acceptors (Lipinski definition) is 7. The molecule has 1 aliphatic heterocycles. The zero-order valence-corrected chi connectivity index (χ0v) is 20.6. The first-order chi connectivity index (χ1) is 15.0. The van der Waals surface area contributed by atoms with Gasteiger partial charge in [0, 0.05) is 17.7 Å². The molecule has 0 aromatic carbocycles. The second-order valence-corrected chi connectivity index (χ2v) is 10.4. The molecule has 0 fully saturated rings. The second kappa shape index (κ2) is 11.9. The van der Waals surface area contributed by atoms with Gasteiger partial charge in [-0.3, -0.25) is 9.59 Å². The van der Waals surface area contributed by atoms with Crippen LogP contribution >= 0.6 is 11.3 Å². The Kier molecular flexibility index (Phi) is 9.80. The Bertz CT molecular complexity index is 828. The summed E-state index contributed by atoms with van der Waals surface area (Å²) in [6.45, 7) is 8.82. The minimum atomic E-state index is -1.21. The monoisotopic (exact) mass is 463 g/mol. The van der Waals surface area contributed by atoms with Crippen molar-refractivity contribution >= 4 is 29.2 Å². The number of aromatic nitrogens is 1. The third-order valence-corrected chi connectivity index (χ3v) is 7.10. The molecule has 0 spiro atoms. The number of thiazole rings is 1. The molecule has 5 atom stereocenters. The molecule has 1 aliphatic rings. The number of aryl methyl sites for hydroxylation is 1. The number of allylic oxidation sites excluding steroid dienone is 1. The van der Waals surface area contributed by atoms with Crippen LogP contribution in [0.3, 0.4) is 0 Å². The Morgan fingerprint density at radius 2 is 1.94 bits per heavy atom. The van der Waals surface area contributed by atoms with Crippen LogP contribution in [0.15, 0.2) is 23.6 Å². The molecular formula is C25H37NO5S. The van der Waals surface area contributed by atoms with E-state index in [0.717, 1.165) is 30.0 Å². The Morgan fingerprint density at radius 3 is 2.59 bits per heavy atom. The maximum absolute atomic E-state index is 13.1. The van der Waals surface area contributed by atoms with Crippen molar-refractivity contribution in [3.8, 4) is 0 Å². The summed E-state index contributed by atoms with van der Waals surface area (Å²) in [6, 6.07) is 0. The van der Waals surface area contributed by atoms with Gasteiger partial charge in [-0.05, 0) is 44.3 Å². The fraction of sp³-hybridized carbons (Fsp3) is 0.640. The van der Waals surface area contributed by atoms with Crippen molar-refractivity contribution < 1.29 is 24.5 Å². The maximum Gasteiger partial charge on any atom is 0.309 e. The van der Waals surface area contributed by atoms with E-state index in [4.69, 9.17) is 4.74 Å². The average Bonchev–Trinajstić information content (AvgIpc) is 3.16. The molecule has 0 radical (unpaired) electrons. The normalized spacial score (nSPS) is 32.0. The van der Waals surface area contributed by atoms with E-state index in [1.165, 1.54) is 0 Å². The first kappa shape index (κ1) is 26.4. The fourth-order valence-electron chi connectivity index (χ4n) is 3.93. The van der Waals surface area contributed by atoms with Gasteiger partial charge in [0.25, 0.3) is 0 Å². The Labute approximate surface area is 195 Å². The van der Waals surface area contributed by atoms with Gasteiger partial charge >= 0.3 is 5.97 Å². The number of ether oxygens (including phenoxy) is 1. The number of hydrogen-bond donors (Lipinski definition) is 2. The Balaban J connectivity index is 2.21. The van der Waals surface area contributed by atoms with E-state index in [1.807, 2.05) is 37.5 Å². The molecule has 178 valence electrons. The van der Waals surface area contributed by atoms with Crippen LogP contribution in [0.4, 0.5) is 0 Å². The predicted octanol–water partition coefficient (Wildman–Crippen LogP) is 4.49. The third-order valence-electron chi connectivity index (χ3n) is 6.30. The molecule has 0 saturated heterocycles. The zero-order valence-electron chi connectivity index (χ0n) is 19.8. The topological polar surface area (TPSA) is 96.7 Å². The molecule has 1 aromatic heterocycles. The van der Waals surface area contributed by atoms with E-state index in [-0.39, 0.29) is 18.1 Å². The highest BCUT2D eigenvalue weighted by atomic mass is 32.1. The van der Waals surface area contributed by atoms with E-state index >= 15 is 0 Å². The van der Waals surface area contributed by atoms with E-state index in [9.17, 15) is 19.8 Å². The number of esters is 1. The molecule has 0 amide bonds. The quantitative estimate of drug-likeness (QED) is 0.496. The van der Waals surface area contributed by atoms with Crippen molar-refractivity contribution in [2.75, 3.05) is 0 Å². The number of aliphatic hydroxyl groups is 2. The van der Waals surface area contributed by atoms with Gasteiger partial charge in [0.1, 0.15) is 11.9 Å². The number of ketones is 1. The number of rotatable bonds is 2. The van der Waals surface area contributed by atoms with Crippen LogP contribution in [-0.2, 0) is 14.3 Å². The lowest BCUT2D eigenvalue weighted by atomic mass is 9.73. The summed E-state index contributed by atoms with van der Waals surface area (Å²) in [6.07, 6.45) is 7.97. The van der Waals surface area contributed by atoms with Crippen molar-refractivity contribution in [1.82, 2.24) is 4.98 Å². The molecule has 2 heterocycles. The summed E-state index contributed by atoms with van der Waals surface area (Å²) >= 11 is 1.55. The van der Waals surface area contributed by atoms with Gasteiger partial charge in [0.15, 0.2) is 0 Å². The Morgan fingerprint density at radius 1 is 1.22 bits per heavy atom. The summed E-state index contributed by atoms with van der Waals surface area (Å²) < 4.78 is 5.62. The van der Waals surface area contributed by atoms with Crippen LogP contribution in [-0.4, -0.2) is 45.3 Å². The van der Waals surface area contributed by atoms with Gasteiger partial charge in [-0.15, -0.1) is 11.3 Å². The highest BCUT2D eigenvalue weighted by molar-refractivity contribution is 7.09. The smallest absolute Gasteiger partial charge is 0.309 e. The summed E-state index contributed by atoms with van der Waals surface area (Å²) in [5.41, 5.74) is -0.368. The van der Waals surface area contributed by atoms with Gasteiger partial charge in [0.2, 0.25) is 0 Å². The molecule has 7 heteroatoms. The molecule has 0 bridgehead atoms. The highest BCUT2D eigenvalue weighted by Gasteiger charge is 2.42. The molecule has 0 aliphatic carbocycles.